The van der Waals surface area contributed by atoms with Crippen LogP contribution in [0.4, 0.5) is 0 Å². The van der Waals surface area contributed by atoms with Crippen molar-refractivity contribution in [1.82, 2.24) is 9.78 Å². The van der Waals surface area contributed by atoms with Crippen molar-refractivity contribution in [2.24, 2.45) is 11.8 Å². The molecule has 0 unspecified atom stereocenters. The van der Waals surface area contributed by atoms with E-state index >= 15 is 0 Å². The van der Waals surface area contributed by atoms with Crippen LogP contribution >= 0.6 is 0 Å². The normalized spacial score (nSPS) is 13.8. The van der Waals surface area contributed by atoms with Crippen LogP contribution in [0.5, 0.6) is 0 Å². The van der Waals surface area contributed by atoms with Gasteiger partial charge in [-0.2, -0.15) is 5.10 Å². The van der Waals surface area contributed by atoms with Gasteiger partial charge in [-0.25, -0.2) is 0 Å². The minimum Gasteiger partial charge on any atom is -0.272 e. The lowest BCUT2D eigenvalue weighted by Gasteiger charge is -2.14. The first-order valence-electron chi connectivity index (χ1n) is 4.58. The van der Waals surface area contributed by atoms with Crippen molar-refractivity contribution in [3.05, 3.63) is 18.0 Å². The van der Waals surface area contributed by atoms with Crippen molar-refractivity contribution in [2.75, 3.05) is 0 Å². The van der Waals surface area contributed by atoms with Crippen LogP contribution < -0.4 is 0 Å². The minimum absolute atomic E-state index is 0.698. The molecule has 2 heteroatoms. The second-order valence-corrected chi connectivity index (χ2v) is 3.96. The van der Waals surface area contributed by atoms with Crippen LogP contribution in [0.2, 0.25) is 0 Å². The third-order valence-corrected chi connectivity index (χ3v) is 2.38. The highest BCUT2D eigenvalue weighted by atomic mass is 15.3. The Hall–Kier alpha value is -0.790. The van der Waals surface area contributed by atoms with Gasteiger partial charge in [0.15, 0.2) is 0 Å². The summed E-state index contributed by atoms with van der Waals surface area (Å²) in [5.41, 5.74) is 1.24. The molecule has 0 aliphatic carbocycles. The van der Waals surface area contributed by atoms with Gasteiger partial charge in [0.25, 0.3) is 0 Å². The third-order valence-electron chi connectivity index (χ3n) is 2.38. The van der Waals surface area contributed by atoms with Gasteiger partial charge in [0.1, 0.15) is 0 Å². The number of hydrogen-bond donors (Lipinski definition) is 0. The summed E-state index contributed by atoms with van der Waals surface area (Å²) in [5, 5.41) is 4.25. The second kappa shape index (κ2) is 3.74. The molecule has 0 spiro atoms. The summed E-state index contributed by atoms with van der Waals surface area (Å²) >= 11 is 0. The number of hydrogen-bond acceptors (Lipinski definition) is 1. The molecule has 0 fully saturated rings. The lowest BCUT2D eigenvalue weighted by molar-refractivity contribution is 0.349. The fourth-order valence-electron chi connectivity index (χ4n) is 1.07. The molecular formula is C10H18N2. The molecule has 0 N–H and O–H groups in total. The minimum atomic E-state index is 0.698. The molecule has 0 amide bonds. The van der Waals surface area contributed by atoms with E-state index in [1.807, 2.05) is 10.9 Å². The largest absolute Gasteiger partial charge is 0.272 e. The average Bonchev–Trinajstić information content (AvgIpc) is 2.35. The molecule has 68 valence electrons. The molecule has 1 heterocycles. The zero-order chi connectivity index (χ0) is 9.14. The molecule has 0 aliphatic heterocycles. The van der Waals surface area contributed by atoms with Crippen LogP contribution in [-0.2, 0) is 6.54 Å². The summed E-state index contributed by atoms with van der Waals surface area (Å²) in [4.78, 5) is 0. The SMILES string of the molecule is Cc1cnn(C[C@H](C)C(C)C)c1. The van der Waals surface area contributed by atoms with Crippen molar-refractivity contribution in [2.45, 2.75) is 34.2 Å². The highest BCUT2D eigenvalue weighted by molar-refractivity contribution is 4.99. The van der Waals surface area contributed by atoms with Crippen LogP contribution in [0.3, 0.4) is 0 Å². The molecule has 1 rings (SSSR count). The number of nitrogens with zero attached hydrogens (tertiary/aromatic N) is 2. The second-order valence-electron chi connectivity index (χ2n) is 3.96. The average molecular weight is 166 g/mol. The van der Waals surface area contributed by atoms with Gasteiger partial charge in [0, 0.05) is 12.7 Å². The van der Waals surface area contributed by atoms with E-state index in [9.17, 15) is 0 Å². The van der Waals surface area contributed by atoms with Crippen LogP contribution in [0, 0.1) is 18.8 Å². The maximum Gasteiger partial charge on any atom is 0.0518 e. The summed E-state index contributed by atoms with van der Waals surface area (Å²) in [6.45, 7) is 9.87. The van der Waals surface area contributed by atoms with E-state index in [1.54, 1.807) is 0 Å². The predicted molar refractivity (Wildman–Crippen MR) is 51.0 cm³/mol. The Morgan fingerprint density at radius 3 is 2.50 bits per heavy atom. The Bertz CT molecular complexity index is 238. The predicted octanol–water partition coefficient (Wildman–Crippen LogP) is 2.48. The Labute approximate surface area is 74.6 Å². The Balaban J connectivity index is 2.52. The van der Waals surface area contributed by atoms with E-state index in [0.717, 1.165) is 12.5 Å². The van der Waals surface area contributed by atoms with E-state index in [1.165, 1.54) is 5.56 Å². The van der Waals surface area contributed by atoms with Gasteiger partial charge < -0.3 is 0 Å². The van der Waals surface area contributed by atoms with Crippen LogP contribution in [-0.4, -0.2) is 9.78 Å². The van der Waals surface area contributed by atoms with Crippen LogP contribution in [0.15, 0.2) is 12.4 Å². The zero-order valence-electron chi connectivity index (χ0n) is 8.41. The van der Waals surface area contributed by atoms with Gasteiger partial charge in [-0.3, -0.25) is 4.68 Å². The van der Waals surface area contributed by atoms with Gasteiger partial charge in [-0.05, 0) is 24.3 Å². The van der Waals surface area contributed by atoms with Gasteiger partial charge in [0.05, 0.1) is 6.20 Å². The van der Waals surface area contributed by atoms with Gasteiger partial charge in [0.2, 0.25) is 0 Å². The molecule has 0 aliphatic rings. The summed E-state index contributed by atoms with van der Waals surface area (Å²) < 4.78 is 2.03. The first-order chi connectivity index (χ1) is 5.59. The molecule has 1 aromatic heterocycles. The first kappa shape index (κ1) is 9.30. The van der Waals surface area contributed by atoms with E-state index < -0.39 is 0 Å². The van der Waals surface area contributed by atoms with Gasteiger partial charge in [-0.1, -0.05) is 20.8 Å². The smallest absolute Gasteiger partial charge is 0.0518 e. The molecule has 0 radical (unpaired) electrons. The lowest BCUT2D eigenvalue weighted by Crippen LogP contribution is -2.13. The number of aromatic nitrogens is 2. The lowest BCUT2D eigenvalue weighted by atomic mass is 9.98. The van der Waals surface area contributed by atoms with Gasteiger partial charge >= 0.3 is 0 Å². The molecular weight excluding hydrogens is 148 g/mol. The maximum atomic E-state index is 4.25. The molecule has 2 nitrogen and oxygen atoms in total. The molecule has 1 atom stereocenters. The molecule has 12 heavy (non-hydrogen) atoms. The van der Waals surface area contributed by atoms with Crippen LogP contribution in [0.1, 0.15) is 26.3 Å². The highest BCUT2D eigenvalue weighted by Gasteiger charge is 2.07. The number of rotatable bonds is 3. The maximum absolute atomic E-state index is 4.25. The van der Waals surface area contributed by atoms with Crippen molar-refractivity contribution in [3.63, 3.8) is 0 Å². The zero-order valence-corrected chi connectivity index (χ0v) is 8.41. The van der Waals surface area contributed by atoms with E-state index in [-0.39, 0.29) is 0 Å². The Kier molecular flexibility index (Phi) is 2.90. The van der Waals surface area contributed by atoms with Crippen molar-refractivity contribution in [3.8, 4) is 0 Å². The van der Waals surface area contributed by atoms with E-state index in [2.05, 4.69) is 39.0 Å². The summed E-state index contributed by atoms with van der Waals surface area (Å²) in [5.74, 6) is 1.43. The number of aryl methyl sites for hydroxylation is 1. The Morgan fingerprint density at radius 2 is 2.08 bits per heavy atom. The van der Waals surface area contributed by atoms with Crippen molar-refractivity contribution >= 4 is 0 Å². The molecule has 0 aromatic carbocycles. The highest BCUT2D eigenvalue weighted by Crippen LogP contribution is 2.11. The first-order valence-corrected chi connectivity index (χ1v) is 4.58. The van der Waals surface area contributed by atoms with Crippen molar-refractivity contribution < 1.29 is 0 Å². The van der Waals surface area contributed by atoms with E-state index in [0.29, 0.717) is 5.92 Å². The monoisotopic (exact) mass is 166 g/mol. The fraction of sp³-hybridized carbons (Fsp3) is 0.700. The molecule has 0 saturated heterocycles. The molecule has 1 aromatic rings. The molecule has 0 saturated carbocycles. The topological polar surface area (TPSA) is 17.8 Å². The summed E-state index contributed by atoms with van der Waals surface area (Å²) in [6, 6.07) is 0. The standard InChI is InChI=1S/C10H18N2/c1-8(2)10(4)7-12-6-9(3)5-11-12/h5-6,8,10H,7H2,1-4H3/t10-/m0/s1. The Morgan fingerprint density at radius 1 is 1.42 bits per heavy atom. The quantitative estimate of drug-likeness (QED) is 0.674. The summed E-state index contributed by atoms with van der Waals surface area (Å²) in [6.07, 6.45) is 4.01. The van der Waals surface area contributed by atoms with Gasteiger partial charge in [-0.15, -0.1) is 0 Å². The fourth-order valence-corrected chi connectivity index (χ4v) is 1.07. The van der Waals surface area contributed by atoms with E-state index in [4.69, 9.17) is 0 Å². The third kappa shape index (κ3) is 2.36. The summed E-state index contributed by atoms with van der Waals surface area (Å²) in [7, 11) is 0. The molecule has 0 bridgehead atoms. The van der Waals surface area contributed by atoms with Crippen molar-refractivity contribution in [1.29, 1.82) is 0 Å². The van der Waals surface area contributed by atoms with Crippen LogP contribution in [0.25, 0.3) is 0 Å².